The molecule has 0 aliphatic heterocycles. The molecular weight excluding hydrogens is 447 g/mol. The smallest absolute Gasteiger partial charge is 0.361 e. The van der Waals surface area contributed by atoms with E-state index in [-0.39, 0.29) is 30.2 Å². The number of ether oxygens (including phenoxy) is 2. The van der Waals surface area contributed by atoms with Crippen LogP contribution in [0.15, 0.2) is 54.6 Å². The molecule has 0 saturated carbocycles. The van der Waals surface area contributed by atoms with Crippen molar-refractivity contribution in [2.24, 2.45) is 0 Å². The van der Waals surface area contributed by atoms with Crippen molar-refractivity contribution in [3.8, 4) is 16.9 Å². The Morgan fingerprint density at radius 2 is 1.45 bits per heavy atom. The molecule has 1 aromatic heterocycles. The minimum atomic E-state index is -3.48. The lowest BCUT2D eigenvalue weighted by Crippen LogP contribution is -2.15. The van der Waals surface area contributed by atoms with Crippen molar-refractivity contribution < 1.29 is 32.7 Å². The van der Waals surface area contributed by atoms with Gasteiger partial charge >= 0.3 is 19.5 Å². The Morgan fingerprint density at radius 3 is 1.97 bits per heavy atom. The first-order chi connectivity index (χ1) is 15.9. The number of rotatable bonds is 9. The second kappa shape index (κ2) is 10.6. The lowest BCUT2D eigenvalue weighted by molar-refractivity contribution is 0.0549. The van der Waals surface area contributed by atoms with Gasteiger partial charge < -0.3 is 18.5 Å². The summed E-state index contributed by atoms with van der Waals surface area (Å²) in [6.45, 7) is 3.89. The van der Waals surface area contributed by atoms with E-state index in [1.165, 1.54) is 18.9 Å². The molecule has 0 unspecified atom stereocenters. The van der Waals surface area contributed by atoms with E-state index in [1.807, 2.05) is 6.07 Å². The molecule has 0 aliphatic rings. The van der Waals surface area contributed by atoms with Gasteiger partial charge in [-0.05, 0) is 38.1 Å². The van der Waals surface area contributed by atoms with Crippen LogP contribution < -0.4 is 5.30 Å². The Bertz CT molecular complexity index is 1160. The highest BCUT2D eigenvalue weighted by Gasteiger charge is 2.32. The van der Waals surface area contributed by atoms with Gasteiger partial charge in [0.1, 0.15) is 11.3 Å². The van der Waals surface area contributed by atoms with Gasteiger partial charge in [-0.1, -0.05) is 30.3 Å². The zero-order valence-electron chi connectivity index (χ0n) is 18.8. The van der Waals surface area contributed by atoms with Gasteiger partial charge in [-0.2, -0.15) is 5.10 Å². The van der Waals surface area contributed by atoms with Crippen molar-refractivity contribution in [1.82, 2.24) is 9.78 Å². The van der Waals surface area contributed by atoms with Gasteiger partial charge in [-0.15, -0.1) is 0 Å². The van der Waals surface area contributed by atoms with Gasteiger partial charge in [0.25, 0.3) is 0 Å². The third-order valence-corrected chi connectivity index (χ3v) is 6.84. The predicted molar refractivity (Wildman–Crippen MR) is 122 cm³/mol. The van der Waals surface area contributed by atoms with Crippen LogP contribution in [0.1, 0.15) is 34.7 Å². The highest BCUT2D eigenvalue weighted by Crippen LogP contribution is 2.47. The molecule has 9 nitrogen and oxygen atoms in total. The van der Waals surface area contributed by atoms with E-state index >= 15 is 0 Å². The normalized spacial score (nSPS) is 11.3. The summed E-state index contributed by atoms with van der Waals surface area (Å²) in [6.07, 6.45) is 0. The highest BCUT2D eigenvalue weighted by molar-refractivity contribution is 7.62. The number of methoxy groups -OCH3 is 2. The Hall–Kier alpha value is -3.26. The fourth-order valence-electron chi connectivity index (χ4n) is 3.28. The van der Waals surface area contributed by atoms with E-state index in [1.54, 1.807) is 62.4 Å². The molecule has 1 heterocycles. The summed E-state index contributed by atoms with van der Waals surface area (Å²) in [5.41, 5.74) is 1.16. The first-order valence-electron chi connectivity index (χ1n) is 10.2. The van der Waals surface area contributed by atoms with Crippen LogP contribution in [0.5, 0.6) is 0 Å². The monoisotopic (exact) mass is 472 g/mol. The van der Waals surface area contributed by atoms with E-state index in [9.17, 15) is 14.2 Å². The first kappa shape index (κ1) is 24.4. The lowest BCUT2D eigenvalue weighted by Gasteiger charge is -2.17. The minimum absolute atomic E-state index is 0.0428. The van der Waals surface area contributed by atoms with Crippen LogP contribution in [-0.2, 0) is 23.1 Å². The summed E-state index contributed by atoms with van der Waals surface area (Å²) in [5, 5.41) is 4.90. The van der Waals surface area contributed by atoms with Crippen LogP contribution >= 0.6 is 7.60 Å². The van der Waals surface area contributed by atoms with Gasteiger partial charge in [0.05, 0.1) is 38.4 Å². The topological polar surface area (TPSA) is 106 Å². The summed E-state index contributed by atoms with van der Waals surface area (Å²) < 4.78 is 35.0. The van der Waals surface area contributed by atoms with Gasteiger partial charge in [-0.3, -0.25) is 4.57 Å². The van der Waals surface area contributed by atoms with Crippen LogP contribution in [0.3, 0.4) is 0 Å². The van der Waals surface area contributed by atoms with Gasteiger partial charge in [-0.25, -0.2) is 14.3 Å². The van der Waals surface area contributed by atoms with Crippen molar-refractivity contribution in [2.75, 3.05) is 27.4 Å². The van der Waals surface area contributed by atoms with E-state index in [0.29, 0.717) is 16.6 Å². The highest BCUT2D eigenvalue weighted by atomic mass is 31.2. The van der Waals surface area contributed by atoms with E-state index < -0.39 is 19.5 Å². The summed E-state index contributed by atoms with van der Waals surface area (Å²) in [6, 6.07) is 15.3. The number of carbonyl (C=O) groups is 2. The standard InChI is InChI=1S/C23H25N2O7P/c1-5-31-33(28,32-6-2)18-14-12-16(13-15-18)20-19(22(26)29-3)21(23(27)30-4)25(24-20)17-10-8-7-9-11-17/h7-15H,5-6H2,1-4H3. The maximum absolute atomic E-state index is 13.1. The molecule has 0 bridgehead atoms. The largest absolute Gasteiger partial charge is 0.465 e. The van der Waals surface area contributed by atoms with Crippen LogP contribution in [0.4, 0.5) is 0 Å². The van der Waals surface area contributed by atoms with E-state index in [0.717, 1.165) is 0 Å². The lowest BCUT2D eigenvalue weighted by atomic mass is 10.1. The third kappa shape index (κ3) is 4.90. The Labute approximate surface area is 191 Å². The zero-order chi connectivity index (χ0) is 24.0. The number of nitrogens with zero attached hydrogens (tertiary/aromatic N) is 2. The van der Waals surface area contributed by atoms with Gasteiger partial charge in [0.2, 0.25) is 0 Å². The van der Waals surface area contributed by atoms with Gasteiger partial charge in [0, 0.05) is 5.56 Å². The SMILES string of the molecule is CCOP(=O)(OCC)c1ccc(-c2nn(-c3ccccc3)c(C(=O)OC)c2C(=O)OC)cc1. The molecule has 0 radical (unpaired) electrons. The number of carbonyl (C=O) groups excluding carboxylic acids is 2. The minimum Gasteiger partial charge on any atom is -0.465 e. The van der Waals surface area contributed by atoms with Crippen LogP contribution in [0.25, 0.3) is 16.9 Å². The Morgan fingerprint density at radius 1 is 0.879 bits per heavy atom. The van der Waals surface area contributed by atoms with E-state index in [4.69, 9.17) is 18.5 Å². The quantitative estimate of drug-likeness (QED) is 0.340. The van der Waals surface area contributed by atoms with Crippen LogP contribution in [-0.4, -0.2) is 49.2 Å². The fourth-order valence-corrected chi connectivity index (χ4v) is 4.85. The molecule has 0 fully saturated rings. The molecule has 174 valence electrons. The van der Waals surface area contributed by atoms with Gasteiger partial charge in [0.15, 0.2) is 5.69 Å². The van der Waals surface area contributed by atoms with Crippen molar-refractivity contribution in [1.29, 1.82) is 0 Å². The maximum Gasteiger partial charge on any atom is 0.361 e. The molecule has 0 aliphatic carbocycles. The number of hydrogen-bond acceptors (Lipinski definition) is 8. The molecule has 0 N–H and O–H groups in total. The molecule has 0 spiro atoms. The average Bonchev–Trinajstić information content (AvgIpc) is 3.24. The van der Waals surface area contributed by atoms with Crippen molar-refractivity contribution in [3.05, 3.63) is 65.9 Å². The second-order valence-electron chi connectivity index (χ2n) is 6.68. The molecule has 0 amide bonds. The number of para-hydroxylation sites is 1. The zero-order valence-corrected chi connectivity index (χ0v) is 19.7. The Kier molecular flexibility index (Phi) is 7.81. The summed E-state index contributed by atoms with van der Waals surface area (Å²) >= 11 is 0. The molecule has 0 saturated heterocycles. The predicted octanol–water partition coefficient (Wildman–Crippen LogP) is 4.00. The second-order valence-corrected chi connectivity index (χ2v) is 8.71. The molecule has 10 heteroatoms. The third-order valence-electron chi connectivity index (χ3n) is 4.71. The van der Waals surface area contributed by atoms with Crippen LogP contribution in [0, 0.1) is 0 Å². The molecule has 0 atom stereocenters. The fraction of sp³-hybridized carbons (Fsp3) is 0.261. The number of benzene rings is 2. The number of hydrogen-bond donors (Lipinski definition) is 0. The molecule has 2 aromatic carbocycles. The number of aromatic nitrogens is 2. The summed E-state index contributed by atoms with van der Waals surface area (Å²) in [5.74, 6) is -1.49. The average molecular weight is 472 g/mol. The van der Waals surface area contributed by atoms with Crippen molar-refractivity contribution >= 4 is 24.8 Å². The van der Waals surface area contributed by atoms with E-state index in [2.05, 4.69) is 5.10 Å². The van der Waals surface area contributed by atoms with Crippen molar-refractivity contribution in [2.45, 2.75) is 13.8 Å². The van der Waals surface area contributed by atoms with Crippen molar-refractivity contribution in [3.63, 3.8) is 0 Å². The first-order valence-corrected chi connectivity index (χ1v) is 11.8. The molecular formula is C23H25N2O7P. The summed E-state index contributed by atoms with van der Waals surface area (Å²) in [7, 11) is -1.04. The summed E-state index contributed by atoms with van der Waals surface area (Å²) in [4.78, 5) is 25.4. The Balaban J connectivity index is 2.20. The molecule has 3 rings (SSSR count). The molecule has 3 aromatic rings. The maximum atomic E-state index is 13.1. The van der Waals surface area contributed by atoms with Crippen LogP contribution in [0.2, 0.25) is 0 Å². The number of esters is 2. The molecule has 33 heavy (non-hydrogen) atoms.